The summed E-state index contributed by atoms with van der Waals surface area (Å²) in [7, 11) is 0. The number of amides is 1. The maximum atomic E-state index is 12.1. The minimum Gasteiger partial charge on any atom is -0.339 e. The van der Waals surface area contributed by atoms with Crippen molar-refractivity contribution in [1.29, 1.82) is 0 Å². The fraction of sp³-hybridized carbons (Fsp3) is 0.421. The lowest BCUT2D eigenvalue weighted by Crippen LogP contribution is -2.13. The van der Waals surface area contributed by atoms with E-state index in [0.717, 1.165) is 17.1 Å². The van der Waals surface area contributed by atoms with E-state index in [1.54, 1.807) is 0 Å². The lowest BCUT2D eigenvalue weighted by molar-refractivity contribution is -0.116. The Hall–Kier alpha value is -3.03. The molecule has 0 spiro atoms. The standard InChI is InChI=1S/C19H24N6O2/c1-12-20-17(24-23-12)13-8-10-14(11-9-13)21-15(26)6-5-7-16-22-18(25-27-16)19(2,3)4/h8-11H,5-7H2,1-4H3,(H,21,26)(H,20,23,24). The van der Waals surface area contributed by atoms with Gasteiger partial charge in [0.2, 0.25) is 11.8 Å². The molecule has 2 aromatic heterocycles. The van der Waals surface area contributed by atoms with E-state index in [4.69, 9.17) is 4.52 Å². The lowest BCUT2D eigenvalue weighted by atomic mass is 9.96. The van der Waals surface area contributed by atoms with Crippen molar-refractivity contribution in [3.05, 3.63) is 41.8 Å². The van der Waals surface area contributed by atoms with Gasteiger partial charge >= 0.3 is 0 Å². The third-order valence-electron chi connectivity index (χ3n) is 3.96. The zero-order valence-electron chi connectivity index (χ0n) is 16.0. The van der Waals surface area contributed by atoms with Crippen molar-refractivity contribution in [2.24, 2.45) is 0 Å². The van der Waals surface area contributed by atoms with Crippen molar-refractivity contribution >= 4 is 11.6 Å². The molecule has 0 aliphatic rings. The van der Waals surface area contributed by atoms with E-state index < -0.39 is 0 Å². The fourth-order valence-electron chi connectivity index (χ4n) is 2.46. The van der Waals surface area contributed by atoms with Gasteiger partial charge in [0.1, 0.15) is 5.82 Å². The zero-order chi connectivity index (χ0) is 19.4. The predicted molar refractivity (Wildman–Crippen MR) is 101 cm³/mol. The first kappa shape index (κ1) is 18.8. The van der Waals surface area contributed by atoms with Gasteiger partial charge in [-0.25, -0.2) is 4.98 Å². The Morgan fingerprint density at radius 3 is 2.52 bits per heavy atom. The van der Waals surface area contributed by atoms with E-state index in [9.17, 15) is 4.79 Å². The number of aromatic nitrogens is 5. The summed E-state index contributed by atoms with van der Waals surface area (Å²) in [6.45, 7) is 7.94. The molecule has 0 saturated heterocycles. The summed E-state index contributed by atoms with van der Waals surface area (Å²) in [6, 6.07) is 7.44. The van der Waals surface area contributed by atoms with Gasteiger partial charge < -0.3 is 9.84 Å². The van der Waals surface area contributed by atoms with Gasteiger partial charge in [0, 0.05) is 29.5 Å². The number of hydrogen-bond acceptors (Lipinski definition) is 6. The van der Waals surface area contributed by atoms with Gasteiger partial charge in [0.15, 0.2) is 11.6 Å². The van der Waals surface area contributed by atoms with Gasteiger partial charge in [-0.05, 0) is 37.6 Å². The van der Waals surface area contributed by atoms with Crippen LogP contribution in [0.4, 0.5) is 5.69 Å². The predicted octanol–water partition coefficient (Wildman–Crippen LogP) is 3.42. The number of hydrogen-bond donors (Lipinski definition) is 2. The van der Waals surface area contributed by atoms with E-state index in [-0.39, 0.29) is 11.3 Å². The second kappa shape index (κ2) is 7.69. The molecule has 1 aromatic carbocycles. The van der Waals surface area contributed by atoms with E-state index >= 15 is 0 Å². The minimum absolute atomic E-state index is 0.0490. The summed E-state index contributed by atoms with van der Waals surface area (Å²) in [5.74, 6) is 2.60. The normalized spacial score (nSPS) is 11.6. The van der Waals surface area contributed by atoms with Crippen LogP contribution in [0, 0.1) is 6.92 Å². The van der Waals surface area contributed by atoms with E-state index in [1.807, 2.05) is 52.0 Å². The van der Waals surface area contributed by atoms with Gasteiger partial charge in [-0.2, -0.15) is 10.1 Å². The first-order valence-electron chi connectivity index (χ1n) is 8.93. The maximum absolute atomic E-state index is 12.1. The molecule has 1 amide bonds. The molecule has 0 fully saturated rings. The third-order valence-corrected chi connectivity index (χ3v) is 3.96. The summed E-state index contributed by atoms with van der Waals surface area (Å²) in [6.07, 6.45) is 1.61. The first-order valence-corrected chi connectivity index (χ1v) is 8.93. The Morgan fingerprint density at radius 2 is 1.93 bits per heavy atom. The number of nitrogens with zero attached hydrogens (tertiary/aromatic N) is 4. The molecule has 0 unspecified atom stereocenters. The monoisotopic (exact) mass is 368 g/mol. The number of carbonyl (C=O) groups is 1. The summed E-state index contributed by atoms with van der Waals surface area (Å²) >= 11 is 0. The van der Waals surface area contributed by atoms with Crippen molar-refractivity contribution < 1.29 is 9.32 Å². The molecule has 0 atom stereocenters. The van der Waals surface area contributed by atoms with Gasteiger partial charge in [-0.15, -0.1) is 0 Å². The number of nitrogens with one attached hydrogen (secondary N) is 2. The Kier molecular flexibility index (Phi) is 5.34. The average Bonchev–Trinajstić information content (AvgIpc) is 3.24. The molecular weight excluding hydrogens is 344 g/mol. The summed E-state index contributed by atoms with van der Waals surface area (Å²) in [4.78, 5) is 20.8. The molecule has 0 radical (unpaired) electrons. The highest BCUT2D eigenvalue weighted by atomic mass is 16.5. The Bertz CT molecular complexity index is 905. The van der Waals surface area contributed by atoms with Crippen LogP contribution in [0.1, 0.15) is 51.2 Å². The molecule has 27 heavy (non-hydrogen) atoms. The highest BCUT2D eigenvalue weighted by Gasteiger charge is 2.20. The van der Waals surface area contributed by atoms with Gasteiger partial charge in [0.05, 0.1) is 0 Å². The summed E-state index contributed by atoms with van der Waals surface area (Å²) in [5, 5.41) is 13.8. The summed E-state index contributed by atoms with van der Waals surface area (Å²) < 4.78 is 5.24. The largest absolute Gasteiger partial charge is 0.339 e. The van der Waals surface area contributed by atoms with Gasteiger partial charge in [-0.3, -0.25) is 9.89 Å². The lowest BCUT2D eigenvalue weighted by Gasteiger charge is -2.10. The first-order chi connectivity index (χ1) is 12.8. The molecule has 8 nitrogen and oxygen atoms in total. The average molecular weight is 368 g/mol. The Labute approximate surface area is 157 Å². The maximum Gasteiger partial charge on any atom is 0.226 e. The van der Waals surface area contributed by atoms with Crippen LogP contribution in [0.2, 0.25) is 0 Å². The molecule has 8 heteroatoms. The zero-order valence-corrected chi connectivity index (χ0v) is 16.0. The number of carbonyl (C=O) groups excluding carboxylic acids is 1. The molecule has 0 aliphatic carbocycles. The number of benzene rings is 1. The van der Waals surface area contributed by atoms with Crippen LogP contribution in [0.3, 0.4) is 0 Å². The van der Waals surface area contributed by atoms with Crippen molar-refractivity contribution in [3.63, 3.8) is 0 Å². The minimum atomic E-state index is -0.143. The quantitative estimate of drug-likeness (QED) is 0.690. The van der Waals surface area contributed by atoms with E-state index in [1.165, 1.54) is 0 Å². The topological polar surface area (TPSA) is 110 Å². The van der Waals surface area contributed by atoms with Crippen LogP contribution in [0.15, 0.2) is 28.8 Å². The van der Waals surface area contributed by atoms with Crippen LogP contribution in [0.5, 0.6) is 0 Å². The number of anilines is 1. The smallest absolute Gasteiger partial charge is 0.226 e. The van der Waals surface area contributed by atoms with Crippen LogP contribution in [-0.2, 0) is 16.6 Å². The molecule has 0 aliphatic heterocycles. The van der Waals surface area contributed by atoms with Crippen LogP contribution in [-0.4, -0.2) is 31.2 Å². The van der Waals surface area contributed by atoms with Crippen LogP contribution < -0.4 is 5.32 Å². The Morgan fingerprint density at radius 1 is 1.19 bits per heavy atom. The molecule has 2 N–H and O–H groups in total. The van der Waals surface area contributed by atoms with Crippen LogP contribution in [0.25, 0.3) is 11.4 Å². The van der Waals surface area contributed by atoms with Crippen molar-refractivity contribution in [1.82, 2.24) is 25.3 Å². The number of H-pyrrole nitrogens is 1. The molecule has 142 valence electrons. The SMILES string of the molecule is Cc1nc(-c2ccc(NC(=O)CCCc3nc(C(C)(C)C)no3)cc2)n[nH]1. The molecule has 3 rings (SSSR count). The highest BCUT2D eigenvalue weighted by Crippen LogP contribution is 2.20. The third kappa shape index (κ3) is 4.99. The second-order valence-corrected chi connectivity index (χ2v) is 7.49. The molecule has 0 saturated carbocycles. The van der Waals surface area contributed by atoms with E-state index in [0.29, 0.717) is 36.8 Å². The van der Waals surface area contributed by atoms with E-state index in [2.05, 4.69) is 30.6 Å². The summed E-state index contributed by atoms with van der Waals surface area (Å²) in [5.41, 5.74) is 1.49. The molecular formula is C19H24N6O2. The Balaban J connectivity index is 1.47. The van der Waals surface area contributed by atoms with Crippen molar-refractivity contribution in [2.45, 2.75) is 52.4 Å². The number of aromatic amines is 1. The second-order valence-electron chi connectivity index (χ2n) is 7.49. The van der Waals surface area contributed by atoms with Gasteiger partial charge in [0.25, 0.3) is 0 Å². The molecule has 0 bridgehead atoms. The van der Waals surface area contributed by atoms with Crippen LogP contribution >= 0.6 is 0 Å². The van der Waals surface area contributed by atoms with Crippen molar-refractivity contribution in [3.8, 4) is 11.4 Å². The fourth-order valence-corrected chi connectivity index (χ4v) is 2.46. The molecule has 3 aromatic rings. The van der Waals surface area contributed by atoms with Crippen molar-refractivity contribution in [2.75, 3.05) is 5.32 Å². The highest BCUT2D eigenvalue weighted by molar-refractivity contribution is 5.90. The number of rotatable bonds is 6. The van der Waals surface area contributed by atoms with Gasteiger partial charge in [-0.1, -0.05) is 25.9 Å². The molecule has 2 heterocycles. The number of aryl methyl sites for hydroxylation is 2.